The molecule has 3 rings (SSSR count). The van der Waals surface area contributed by atoms with Crippen LogP contribution in [0, 0.1) is 20.8 Å². The van der Waals surface area contributed by atoms with Crippen molar-refractivity contribution in [3.8, 4) is 0 Å². The van der Waals surface area contributed by atoms with Gasteiger partial charge in [0, 0.05) is 15.7 Å². The average Bonchev–Trinajstić information content (AvgIpc) is 2.66. The number of carbonyl (C=O) groups is 1. The number of nitrogens with one attached hydrogen (secondary N) is 2. The van der Waals surface area contributed by atoms with E-state index in [0.29, 0.717) is 16.9 Å². The summed E-state index contributed by atoms with van der Waals surface area (Å²) in [4.78, 5) is 12.7. The molecule has 3 aromatic rings. The van der Waals surface area contributed by atoms with Crippen LogP contribution in [0.15, 0.2) is 70.0 Å². The molecule has 7 heteroatoms. The highest BCUT2D eigenvalue weighted by Gasteiger charge is 2.20. The van der Waals surface area contributed by atoms with Crippen LogP contribution in [0.4, 0.5) is 11.4 Å². The van der Waals surface area contributed by atoms with Gasteiger partial charge in [0.25, 0.3) is 15.9 Å². The molecule has 0 atom stereocenters. The predicted octanol–water partition coefficient (Wildman–Crippen LogP) is 5.43. The zero-order valence-corrected chi connectivity index (χ0v) is 18.7. The molecule has 0 aromatic heterocycles. The SMILES string of the molecule is Cc1ccc(NS(=O)(=O)c2cc(C(=O)Nc3ccccc3Br)ccc2C)cc1C. The van der Waals surface area contributed by atoms with Gasteiger partial charge in [0.1, 0.15) is 0 Å². The van der Waals surface area contributed by atoms with Crippen LogP contribution in [-0.2, 0) is 10.0 Å². The van der Waals surface area contributed by atoms with Gasteiger partial charge in [-0.05, 0) is 89.8 Å². The number of halogens is 1. The highest BCUT2D eigenvalue weighted by Crippen LogP contribution is 2.25. The van der Waals surface area contributed by atoms with Crippen molar-refractivity contribution < 1.29 is 13.2 Å². The van der Waals surface area contributed by atoms with Crippen LogP contribution in [0.5, 0.6) is 0 Å². The first-order valence-electron chi connectivity index (χ1n) is 8.94. The fraction of sp³-hybridized carbons (Fsp3) is 0.136. The van der Waals surface area contributed by atoms with E-state index >= 15 is 0 Å². The first-order chi connectivity index (χ1) is 13.7. The molecule has 0 unspecified atom stereocenters. The lowest BCUT2D eigenvalue weighted by Crippen LogP contribution is -2.17. The zero-order valence-electron chi connectivity index (χ0n) is 16.3. The van der Waals surface area contributed by atoms with E-state index in [0.717, 1.165) is 15.6 Å². The topological polar surface area (TPSA) is 75.3 Å². The summed E-state index contributed by atoms with van der Waals surface area (Å²) >= 11 is 3.38. The molecular weight excluding hydrogens is 452 g/mol. The molecule has 0 aliphatic rings. The van der Waals surface area contributed by atoms with Crippen molar-refractivity contribution >= 4 is 43.2 Å². The van der Waals surface area contributed by atoms with Gasteiger partial charge in [0.05, 0.1) is 10.6 Å². The normalized spacial score (nSPS) is 11.2. The molecule has 0 saturated heterocycles. The van der Waals surface area contributed by atoms with Gasteiger partial charge < -0.3 is 5.32 Å². The largest absolute Gasteiger partial charge is 0.321 e. The maximum Gasteiger partial charge on any atom is 0.262 e. The number of benzene rings is 3. The van der Waals surface area contributed by atoms with E-state index in [9.17, 15) is 13.2 Å². The molecule has 1 amide bonds. The molecular formula is C22H21BrN2O3S. The first kappa shape index (κ1) is 21.1. The Morgan fingerprint density at radius 1 is 0.862 bits per heavy atom. The lowest BCUT2D eigenvalue weighted by molar-refractivity contribution is 0.102. The molecule has 5 nitrogen and oxygen atoms in total. The molecule has 0 heterocycles. The van der Waals surface area contributed by atoms with Crippen LogP contribution >= 0.6 is 15.9 Å². The fourth-order valence-electron chi connectivity index (χ4n) is 2.80. The molecule has 0 spiro atoms. The summed E-state index contributed by atoms with van der Waals surface area (Å²) in [5.41, 5.74) is 3.97. The standard InChI is InChI=1S/C22H21BrN2O3S/c1-14-9-11-18(12-16(14)3)25-29(27,28)21-13-17(10-8-15(21)2)22(26)24-20-7-5-4-6-19(20)23/h4-13,25H,1-3H3,(H,24,26). The Labute approximate surface area is 179 Å². The predicted molar refractivity (Wildman–Crippen MR) is 120 cm³/mol. The van der Waals surface area contributed by atoms with Crippen LogP contribution in [0.3, 0.4) is 0 Å². The number of hydrogen-bond donors (Lipinski definition) is 2. The molecule has 150 valence electrons. The Kier molecular flexibility index (Phi) is 6.10. The summed E-state index contributed by atoms with van der Waals surface area (Å²) in [6.45, 7) is 5.58. The second-order valence-corrected chi connectivity index (χ2v) is 9.32. The van der Waals surface area contributed by atoms with Gasteiger partial charge in [-0.1, -0.05) is 24.3 Å². The Morgan fingerprint density at radius 2 is 1.55 bits per heavy atom. The summed E-state index contributed by atoms with van der Waals surface area (Å²) in [7, 11) is -3.85. The minimum absolute atomic E-state index is 0.0653. The van der Waals surface area contributed by atoms with E-state index in [-0.39, 0.29) is 16.4 Å². The Balaban J connectivity index is 1.90. The van der Waals surface area contributed by atoms with Crippen LogP contribution < -0.4 is 10.0 Å². The first-order valence-corrected chi connectivity index (χ1v) is 11.2. The zero-order chi connectivity index (χ0) is 21.2. The monoisotopic (exact) mass is 472 g/mol. The summed E-state index contributed by atoms with van der Waals surface area (Å²) in [6.07, 6.45) is 0. The number of rotatable bonds is 5. The second-order valence-electron chi connectivity index (χ2n) is 6.82. The molecule has 0 bridgehead atoms. The van der Waals surface area contributed by atoms with E-state index in [1.165, 1.54) is 6.07 Å². The fourth-order valence-corrected chi connectivity index (χ4v) is 4.51. The van der Waals surface area contributed by atoms with Crippen molar-refractivity contribution in [2.24, 2.45) is 0 Å². The van der Waals surface area contributed by atoms with Crippen molar-refractivity contribution in [2.45, 2.75) is 25.7 Å². The smallest absolute Gasteiger partial charge is 0.262 e. The molecule has 0 saturated carbocycles. The average molecular weight is 473 g/mol. The van der Waals surface area contributed by atoms with Gasteiger partial charge in [-0.3, -0.25) is 9.52 Å². The van der Waals surface area contributed by atoms with Gasteiger partial charge in [-0.15, -0.1) is 0 Å². The summed E-state index contributed by atoms with van der Waals surface area (Å²) < 4.78 is 29.3. The highest BCUT2D eigenvalue weighted by atomic mass is 79.9. The third kappa shape index (κ3) is 4.86. The molecule has 0 aliphatic carbocycles. The Morgan fingerprint density at radius 3 is 2.24 bits per heavy atom. The van der Waals surface area contributed by atoms with Crippen molar-refractivity contribution in [3.63, 3.8) is 0 Å². The van der Waals surface area contributed by atoms with Gasteiger partial charge >= 0.3 is 0 Å². The van der Waals surface area contributed by atoms with Gasteiger partial charge in [0.2, 0.25) is 0 Å². The number of amides is 1. The summed E-state index contributed by atoms with van der Waals surface area (Å²) in [5, 5.41) is 2.79. The number of carbonyl (C=O) groups excluding carboxylic acids is 1. The van der Waals surface area contributed by atoms with E-state index < -0.39 is 10.0 Å². The molecule has 2 N–H and O–H groups in total. The third-order valence-electron chi connectivity index (χ3n) is 4.62. The summed E-state index contributed by atoms with van der Waals surface area (Å²) in [6, 6.07) is 17.2. The third-order valence-corrected chi connectivity index (χ3v) is 6.84. The minimum Gasteiger partial charge on any atom is -0.321 e. The number of sulfonamides is 1. The quantitative estimate of drug-likeness (QED) is 0.519. The van der Waals surface area contributed by atoms with Crippen LogP contribution in [-0.4, -0.2) is 14.3 Å². The van der Waals surface area contributed by atoms with E-state index in [1.807, 2.05) is 32.0 Å². The van der Waals surface area contributed by atoms with Crippen molar-refractivity contribution in [1.29, 1.82) is 0 Å². The molecule has 3 aromatic carbocycles. The van der Waals surface area contributed by atoms with Crippen molar-refractivity contribution in [2.75, 3.05) is 10.0 Å². The van der Waals surface area contributed by atoms with Crippen LogP contribution in [0.25, 0.3) is 0 Å². The van der Waals surface area contributed by atoms with Crippen molar-refractivity contribution in [1.82, 2.24) is 0 Å². The lowest BCUT2D eigenvalue weighted by Gasteiger charge is -2.13. The maximum atomic E-state index is 13.0. The molecule has 29 heavy (non-hydrogen) atoms. The van der Waals surface area contributed by atoms with Gasteiger partial charge in [-0.2, -0.15) is 0 Å². The van der Waals surface area contributed by atoms with Crippen LogP contribution in [0.1, 0.15) is 27.0 Å². The molecule has 0 radical (unpaired) electrons. The number of hydrogen-bond acceptors (Lipinski definition) is 3. The maximum absolute atomic E-state index is 13.0. The van der Waals surface area contributed by atoms with Crippen molar-refractivity contribution in [3.05, 3.63) is 87.4 Å². The van der Waals surface area contributed by atoms with Gasteiger partial charge in [0.15, 0.2) is 0 Å². The molecule has 0 aliphatic heterocycles. The number of aryl methyl sites for hydroxylation is 3. The van der Waals surface area contributed by atoms with Gasteiger partial charge in [-0.25, -0.2) is 8.42 Å². The lowest BCUT2D eigenvalue weighted by atomic mass is 10.1. The minimum atomic E-state index is -3.85. The summed E-state index contributed by atoms with van der Waals surface area (Å²) in [5.74, 6) is -0.389. The number of anilines is 2. The highest BCUT2D eigenvalue weighted by molar-refractivity contribution is 9.10. The van der Waals surface area contributed by atoms with E-state index in [2.05, 4.69) is 26.0 Å². The van der Waals surface area contributed by atoms with E-state index in [4.69, 9.17) is 0 Å². The van der Waals surface area contributed by atoms with Crippen LogP contribution in [0.2, 0.25) is 0 Å². The number of para-hydroxylation sites is 1. The second kappa shape index (κ2) is 8.39. The Bertz CT molecular complexity index is 1190. The Hall–Kier alpha value is -2.64. The molecule has 0 fully saturated rings. The van der Waals surface area contributed by atoms with E-state index in [1.54, 1.807) is 43.3 Å².